The van der Waals surface area contributed by atoms with E-state index in [1.165, 1.54) is 38.6 Å². The minimum absolute atomic E-state index is 0.0302. The third-order valence-electron chi connectivity index (χ3n) is 9.15. The summed E-state index contributed by atoms with van der Waals surface area (Å²) in [5.41, 5.74) is 19.0. The molecule has 0 aromatic heterocycles. The topological polar surface area (TPSA) is 50.7 Å². The summed E-state index contributed by atoms with van der Waals surface area (Å²) < 4.78 is 0. The standard InChI is InChI=1S/C47H39N3/c1-32(48)41-18-10-11-19-42(41)37-26-28-39(29-27-37)44-31-30-43(45-20-12-13-21-46(44)45)38-24-22-36(23-25-38)34(3)50-47(40-16-8-5-9-17-40)49-33(2)35-14-6-4-7-15-35/h4-32H,3,48H2,1-2H3. The van der Waals surface area contributed by atoms with Crippen molar-refractivity contribution >= 4 is 28.0 Å². The highest BCUT2D eigenvalue weighted by atomic mass is 14.9. The van der Waals surface area contributed by atoms with E-state index >= 15 is 0 Å². The molecule has 0 bridgehead atoms. The minimum Gasteiger partial charge on any atom is -0.324 e. The summed E-state index contributed by atoms with van der Waals surface area (Å²) in [6.45, 7) is 8.39. The van der Waals surface area contributed by atoms with Crippen molar-refractivity contribution in [3.05, 3.63) is 199 Å². The molecule has 242 valence electrons. The third-order valence-corrected chi connectivity index (χ3v) is 9.15. The number of aliphatic imine (C=N–C) groups is 2. The molecule has 0 radical (unpaired) electrons. The van der Waals surface area contributed by atoms with Gasteiger partial charge >= 0.3 is 0 Å². The fourth-order valence-corrected chi connectivity index (χ4v) is 6.47. The molecule has 0 saturated heterocycles. The molecule has 0 heterocycles. The van der Waals surface area contributed by atoms with Crippen LogP contribution in [0, 0.1) is 0 Å². The zero-order chi connectivity index (χ0) is 34.5. The zero-order valence-electron chi connectivity index (χ0n) is 28.4. The maximum absolute atomic E-state index is 6.28. The first-order valence-corrected chi connectivity index (χ1v) is 17.0. The largest absolute Gasteiger partial charge is 0.324 e. The molecule has 0 saturated carbocycles. The number of benzene rings is 7. The Morgan fingerprint density at radius 1 is 0.480 bits per heavy atom. The quantitative estimate of drug-likeness (QED) is 0.130. The SMILES string of the molecule is C=C(N=C(N=C(C)c1ccccc1)c1ccccc1)c1ccc(-c2ccc(-c3ccc(-c4ccccc4C(C)N)cc3)c3ccccc23)cc1. The lowest BCUT2D eigenvalue weighted by molar-refractivity contribution is 0.820. The van der Waals surface area contributed by atoms with Crippen LogP contribution in [0.2, 0.25) is 0 Å². The second kappa shape index (κ2) is 14.5. The first-order valence-electron chi connectivity index (χ1n) is 17.0. The number of hydrogen-bond donors (Lipinski definition) is 1. The van der Waals surface area contributed by atoms with Crippen LogP contribution in [-0.4, -0.2) is 11.5 Å². The Hall–Kier alpha value is -6.16. The van der Waals surface area contributed by atoms with E-state index in [0.29, 0.717) is 11.5 Å². The molecule has 0 fully saturated rings. The van der Waals surface area contributed by atoms with E-state index in [9.17, 15) is 0 Å². The normalized spacial score (nSPS) is 12.5. The molecule has 7 rings (SSSR count). The van der Waals surface area contributed by atoms with Gasteiger partial charge in [-0.3, -0.25) is 0 Å². The van der Waals surface area contributed by atoms with Crippen molar-refractivity contribution < 1.29 is 0 Å². The first-order chi connectivity index (χ1) is 24.5. The summed E-state index contributed by atoms with van der Waals surface area (Å²) in [5.74, 6) is 0.633. The third kappa shape index (κ3) is 6.86. The maximum Gasteiger partial charge on any atom is 0.160 e. The Bertz CT molecular complexity index is 2330. The minimum atomic E-state index is -0.0302. The van der Waals surface area contributed by atoms with Gasteiger partial charge in [0.1, 0.15) is 0 Å². The van der Waals surface area contributed by atoms with Crippen LogP contribution in [0.3, 0.4) is 0 Å². The lowest BCUT2D eigenvalue weighted by Gasteiger charge is -2.15. The van der Waals surface area contributed by atoms with Crippen LogP contribution in [-0.2, 0) is 0 Å². The predicted octanol–water partition coefficient (Wildman–Crippen LogP) is 11.8. The molecule has 0 aliphatic heterocycles. The summed E-state index contributed by atoms with van der Waals surface area (Å²) in [7, 11) is 0. The predicted molar refractivity (Wildman–Crippen MR) is 214 cm³/mol. The second-order valence-corrected chi connectivity index (χ2v) is 12.5. The van der Waals surface area contributed by atoms with Crippen LogP contribution >= 0.6 is 0 Å². The molecule has 0 aliphatic carbocycles. The van der Waals surface area contributed by atoms with E-state index in [2.05, 4.69) is 122 Å². The van der Waals surface area contributed by atoms with E-state index in [-0.39, 0.29) is 6.04 Å². The molecular formula is C47H39N3. The Morgan fingerprint density at radius 3 is 1.50 bits per heavy atom. The van der Waals surface area contributed by atoms with Crippen molar-refractivity contribution in [3.8, 4) is 33.4 Å². The van der Waals surface area contributed by atoms with Crippen LogP contribution in [0.4, 0.5) is 0 Å². The number of hydrogen-bond acceptors (Lipinski definition) is 2. The van der Waals surface area contributed by atoms with E-state index in [1.54, 1.807) is 0 Å². The van der Waals surface area contributed by atoms with Crippen LogP contribution in [0.5, 0.6) is 0 Å². The highest BCUT2D eigenvalue weighted by Gasteiger charge is 2.13. The van der Waals surface area contributed by atoms with Gasteiger partial charge in [-0.05, 0) is 74.7 Å². The van der Waals surface area contributed by atoms with Crippen LogP contribution < -0.4 is 5.73 Å². The number of rotatable bonds is 8. The van der Waals surface area contributed by atoms with Crippen molar-refractivity contribution in [2.24, 2.45) is 15.7 Å². The average molecular weight is 646 g/mol. The Labute approximate surface area is 294 Å². The van der Waals surface area contributed by atoms with Gasteiger partial charge in [-0.2, -0.15) is 0 Å². The lowest BCUT2D eigenvalue weighted by atomic mass is 9.90. The molecular weight excluding hydrogens is 607 g/mol. The molecule has 0 spiro atoms. The Balaban J connectivity index is 1.19. The van der Waals surface area contributed by atoms with Crippen LogP contribution in [0.15, 0.2) is 186 Å². The molecule has 3 nitrogen and oxygen atoms in total. The summed E-state index contributed by atoms with van der Waals surface area (Å²) >= 11 is 0. The molecule has 50 heavy (non-hydrogen) atoms. The molecule has 3 heteroatoms. The zero-order valence-corrected chi connectivity index (χ0v) is 28.4. The Morgan fingerprint density at radius 2 is 0.940 bits per heavy atom. The van der Waals surface area contributed by atoms with Crippen molar-refractivity contribution in [1.82, 2.24) is 0 Å². The highest BCUT2D eigenvalue weighted by Crippen LogP contribution is 2.37. The average Bonchev–Trinajstić information content (AvgIpc) is 3.18. The fraction of sp³-hybridized carbons (Fsp3) is 0.0638. The van der Waals surface area contributed by atoms with E-state index in [1.807, 2.05) is 68.4 Å². The second-order valence-electron chi connectivity index (χ2n) is 12.5. The van der Waals surface area contributed by atoms with Crippen molar-refractivity contribution in [2.45, 2.75) is 19.9 Å². The van der Waals surface area contributed by atoms with Crippen molar-refractivity contribution in [2.75, 3.05) is 0 Å². The van der Waals surface area contributed by atoms with Crippen LogP contribution in [0.1, 0.15) is 42.1 Å². The lowest BCUT2D eigenvalue weighted by Crippen LogP contribution is -2.06. The molecule has 1 atom stereocenters. The number of fused-ring (bicyclic) bond motifs is 1. The van der Waals surface area contributed by atoms with Gasteiger partial charge in [-0.1, -0.05) is 176 Å². The van der Waals surface area contributed by atoms with Gasteiger partial charge < -0.3 is 5.73 Å². The molecule has 2 N–H and O–H groups in total. The molecule has 7 aromatic rings. The van der Waals surface area contributed by atoms with Gasteiger partial charge in [-0.25, -0.2) is 9.98 Å². The van der Waals surface area contributed by atoms with Gasteiger partial charge in [0, 0.05) is 17.3 Å². The molecule has 0 aliphatic rings. The molecule has 1 unspecified atom stereocenters. The van der Waals surface area contributed by atoms with Gasteiger partial charge in [0.2, 0.25) is 0 Å². The van der Waals surface area contributed by atoms with E-state index < -0.39 is 0 Å². The highest BCUT2D eigenvalue weighted by molar-refractivity contribution is 6.12. The van der Waals surface area contributed by atoms with Gasteiger partial charge in [0.05, 0.1) is 5.70 Å². The summed E-state index contributed by atoms with van der Waals surface area (Å²) in [4.78, 5) is 9.89. The summed E-state index contributed by atoms with van der Waals surface area (Å²) in [6, 6.07) is 59.0. The number of amidine groups is 1. The van der Waals surface area contributed by atoms with Crippen LogP contribution in [0.25, 0.3) is 49.9 Å². The number of nitrogens with zero attached hydrogens (tertiary/aromatic N) is 2. The summed E-state index contributed by atoms with van der Waals surface area (Å²) in [5, 5.41) is 2.42. The Kier molecular flexibility index (Phi) is 9.41. The number of nitrogens with two attached hydrogens (primary N) is 1. The van der Waals surface area contributed by atoms with E-state index in [4.69, 9.17) is 15.7 Å². The van der Waals surface area contributed by atoms with Gasteiger partial charge in [0.15, 0.2) is 5.84 Å². The first kappa shape index (κ1) is 32.4. The smallest absolute Gasteiger partial charge is 0.160 e. The van der Waals surface area contributed by atoms with Crippen molar-refractivity contribution in [3.63, 3.8) is 0 Å². The maximum atomic E-state index is 6.28. The van der Waals surface area contributed by atoms with E-state index in [0.717, 1.165) is 33.5 Å². The summed E-state index contributed by atoms with van der Waals surface area (Å²) in [6.07, 6.45) is 0. The fourth-order valence-electron chi connectivity index (χ4n) is 6.47. The van der Waals surface area contributed by atoms with Crippen molar-refractivity contribution in [1.29, 1.82) is 0 Å². The monoisotopic (exact) mass is 645 g/mol. The van der Waals surface area contributed by atoms with Gasteiger partial charge in [0.25, 0.3) is 0 Å². The molecule has 7 aromatic carbocycles. The van der Waals surface area contributed by atoms with Gasteiger partial charge in [-0.15, -0.1) is 0 Å². The molecule has 0 amide bonds.